The van der Waals surface area contributed by atoms with Crippen LogP contribution in [0.2, 0.25) is 0 Å². The largest absolute Gasteiger partial charge is 0.381 e. The van der Waals surface area contributed by atoms with Crippen molar-refractivity contribution in [3.63, 3.8) is 0 Å². The minimum atomic E-state index is -0.596. The van der Waals surface area contributed by atoms with Crippen molar-refractivity contribution >= 4 is 121 Å². The number of nitrogen functional groups attached to an aromatic ring is 4. The Hall–Kier alpha value is -13.9. The first kappa shape index (κ1) is 90.4. The number of piperidine rings is 4. The van der Waals surface area contributed by atoms with Crippen molar-refractivity contribution in [1.29, 1.82) is 0 Å². The van der Waals surface area contributed by atoms with Crippen LogP contribution < -0.4 is 63.8 Å². The van der Waals surface area contributed by atoms with Gasteiger partial charge in [0.15, 0.2) is 69.1 Å². The second-order valence-corrected chi connectivity index (χ2v) is 34.3. The maximum Gasteiger partial charge on any atom is 0.263 e. The zero-order valence-electron chi connectivity index (χ0n) is 73.1. The van der Waals surface area contributed by atoms with E-state index < -0.39 is 46.9 Å². The highest BCUT2D eigenvalue weighted by Gasteiger charge is 2.36. The van der Waals surface area contributed by atoms with Gasteiger partial charge in [0, 0.05) is 142 Å². The molecule has 0 radical (unpaired) electrons. The van der Waals surface area contributed by atoms with Gasteiger partial charge >= 0.3 is 0 Å². The summed E-state index contributed by atoms with van der Waals surface area (Å²) in [5.41, 5.74) is 29.9. The number of rotatable bonds is 17. The number of morpholine rings is 1. The number of hydrogen-bond donors (Lipinski definition) is 8. The fourth-order valence-corrected chi connectivity index (χ4v) is 17.6. The summed E-state index contributed by atoms with van der Waals surface area (Å²) in [4.78, 5) is 102. The third-order valence-corrected chi connectivity index (χ3v) is 24.7. The molecule has 0 spiro atoms. The van der Waals surface area contributed by atoms with Crippen molar-refractivity contribution in [2.45, 2.75) is 84.1 Å². The van der Waals surface area contributed by atoms with Crippen molar-refractivity contribution in [2.75, 3.05) is 215 Å². The number of ether oxygens (including phenoxy) is 1. The zero-order valence-corrected chi connectivity index (χ0v) is 73.1. The average Bonchev–Trinajstić information content (AvgIpc) is 1.67. The maximum absolute atomic E-state index is 13.5. The molecule has 131 heavy (non-hydrogen) atoms. The number of piperazine rings is 2. The van der Waals surface area contributed by atoms with Gasteiger partial charge in [-0.05, 0) is 97.4 Å². The van der Waals surface area contributed by atoms with E-state index in [0.29, 0.717) is 66.2 Å². The highest BCUT2D eigenvalue weighted by molar-refractivity contribution is 6.15. The van der Waals surface area contributed by atoms with Crippen LogP contribution in [0, 0.1) is 41.0 Å². The SMILES string of the molecule is CC(C)(C)N1CCN(C(=O)C2CCN(c3cnncc3NC(=O)c3c(N)nn4cc(F)cnc34)CC2)CC1.CN1CCN(CC2CCN(c3cnncc3NC(=O)c3c(N)nn4cc(F)cnc34)CC2)CC1.Nc1nn2cc(F)cnc2c1C(=O)Nc1cnncc1N1CCC(CN2CCOCC2)CC1.Nc1nn2cc(F)cnc2c1C(=O)Nc1cnncc1N1CCCCC1. The molecule has 0 atom stereocenters. The molecule has 12 aromatic rings. The van der Waals surface area contributed by atoms with Crippen molar-refractivity contribution in [2.24, 2.45) is 17.8 Å². The van der Waals surface area contributed by atoms with Gasteiger partial charge in [0.1, 0.15) is 22.3 Å². The number of hydrogen-bond acceptors (Lipinski definition) is 34. The molecule has 7 fully saturated rings. The zero-order chi connectivity index (χ0) is 91.6. The van der Waals surface area contributed by atoms with E-state index in [0.717, 1.165) is 254 Å². The standard InChI is InChI=1S/C25H33FN10O2.C22H29FN10O.C21H26FN9O2.C16H17FN8O/c1-25(2,3)35-10-8-34(9-11-35)24(38)16-4-6-33(7-5-16)19-14-30-29-13-18(19)31-23(37)20-21(27)32-36-15-17(26)12-28-22(20)36;1-30-6-8-31(9-7-30)13-15-2-4-32(5-3-15)18-12-27-26-11-17(18)28-22(34)19-20(24)29-33-14-16(23)10-25-21(19)33;22-15-9-24-20-18(19(23)28-31(20)13-15)21(32)27-16-10-25-26-11-17(16)30-3-1-14(2-4-30)12-29-5-7-33-8-6-29;17-10-6-19-15-13(14(18)23-25(15)9-10)16(26)22-11-7-20-21-8-12(11)24-4-2-1-3-5-24/h12-16H,4-11H2,1-3H3,(H2,27,32)(H,30,31,37);10-12,14-15H,2-9,13H2,1H3,(H2,24,29)(H,27,28,34);9-11,13-14H,1-8,12H2,(H2,23,28)(H,26,27,32);6-9H,1-5H2,(H2,18,23)(H,21,22,26). The highest BCUT2D eigenvalue weighted by atomic mass is 19.1. The van der Waals surface area contributed by atoms with Crippen molar-refractivity contribution < 1.29 is 46.3 Å². The van der Waals surface area contributed by atoms with E-state index in [4.69, 9.17) is 27.7 Å². The molecule has 690 valence electrons. The summed E-state index contributed by atoms with van der Waals surface area (Å²) in [6, 6.07) is 0. The highest BCUT2D eigenvalue weighted by Crippen LogP contribution is 2.36. The Morgan fingerprint density at radius 2 is 0.672 bits per heavy atom. The molecule has 0 saturated carbocycles. The molecule has 0 unspecified atom stereocenters. The molecule has 7 aliphatic heterocycles. The number of amides is 5. The molecule has 19 rings (SSSR count). The molecule has 19 heterocycles. The van der Waals surface area contributed by atoms with Gasteiger partial charge < -0.3 is 83.2 Å². The summed E-state index contributed by atoms with van der Waals surface area (Å²) >= 11 is 0. The molecule has 0 bridgehead atoms. The van der Waals surface area contributed by atoms with Crippen LogP contribution in [0.5, 0.6) is 0 Å². The van der Waals surface area contributed by atoms with E-state index in [1.165, 1.54) is 31.2 Å². The van der Waals surface area contributed by atoms with E-state index >= 15 is 0 Å². The smallest absolute Gasteiger partial charge is 0.263 e. The number of anilines is 12. The molecule has 5 amide bonds. The Bertz CT molecular complexity index is 6060. The third-order valence-electron chi connectivity index (χ3n) is 24.7. The molecular weight excluding hydrogens is 1700 g/mol. The summed E-state index contributed by atoms with van der Waals surface area (Å²) < 4.78 is 63.8. The van der Waals surface area contributed by atoms with Gasteiger partial charge in [-0.25, -0.2) is 55.6 Å². The van der Waals surface area contributed by atoms with E-state index in [9.17, 15) is 41.5 Å². The van der Waals surface area contributed by atoms with E-state index in [1.807, 2.05) is 4.90 Å². The molecule has 12 N–H and O–H groups in total. The Kier molecular flexibility index (Phi) is 27.9. The average molecular weight is 1810 g/mol. The van der Waals surface area contributed by atoms with Crippen LogP contribution in [0.4, 0.5) is 86.3 Å². The Labute approximate surface area is 749 Å². The van der Waals surface area contributed by atoms with Crippen LogP contribution in [0.1, 0.15) is 120 Å². The number of nitrogens with two attached hydrogens (primary N) is 4. The topological polar surface area (TPSA) is 500 Å². The lowest BCUT2D eigenvalue weighted by Crippen LogP contribution is -2.56. The quantitative estimate of drug-likeness (QED) is 0.0547. The first-order valence-corrected chi connectivity index (χ1v) is 43.7. The maximum atomic E-state index is 13.5. The molecule has 0 aliphatic carbocycles. The number of fused-ring (bicyclic) bond motifs is 4. The number of likely N-dealkylation sites (N-methyl/N-ethyl adjacent to an activating group) is 1. The summed E-state index contributed by atoms with van der Waals surface area (Å²) in [5, 5.41) is 58.9. The van der Waals surface area contributed by atoms with Crippen LogP contribution in [-0.2, 0) is 9.53 Å². The summed E-state index contributed by atoms with van der Waals surface area (Å²) in [7, 11) is 2.18. The summed E-state index contributed by atoms with van der Waals surface area (Å²) in [5.74, 6) is -2.94. The molecular formula is C84H105F4N37O6. The number of carbonyl (C=O) groups is 5. The van der Waals surface area contributed by atoms with Crippen LogP contribution in [0.3, 0.4) is 0 Å². The van der Waals surface area contributed by atoms with Crippen molar-refractivity contribution in [3.8, 4) is 0 Å². The second-order valence-electron chi connectivity index (χ2n) is 34.3. The minimum absolute atomic E-state index is 0.0228. The third kappa shape index (κ3) is 21.3. The van der Waals surface area contributed by atoms with Crippen molar-refractivity contribution in [3.05, 3.63) is 145 Å². The molecule has 0 aromatic carbocycles. The second kappa shape index (κ2) is 40.4. The number of carbonyl (C=O) groups excluding carboxylic acids is 5. The molecule has 7 saturated heterocycles. The van der Waals surface area contributed by atoms with Gasteiger partial charge in [-0.1, -0.05) is 0 Å². The van der Waals surface area contributed by atoms with Gasteiger partial charge in [-0.2, -0.15) is 40.8 Å². The van der Waals surface area contributed by atoms with Gasteiger partial charge in [-0.3, -0.25) is 33.8 Å². The lowest BCUT2D eigenvalue weighted by Gasteiger charge is -2.43. The fourth-order valence-electron chi connectivity index (χ4n) is 17.6. The van der Waals surface area contributed by atoms with Gasteiger partial charge in [0.05, 0.1) is 158 Å². The molecule has 7 aliphatic rings. The Morgan fingerprint density at radius 3 is 0.992 bits per heavy atom. The molecule has 47 heteroatoms. The van der Waals surface area contributed by atoms with Crippen LogP contribution in [0.25, 0.3) is 22.6 Å². The number of aromatic nitrogens is 20. The van der Waals surface area contributed by atoms with E-state index in [1.54, 1.807) is 24.8 Å². The fraction of sp³-hybridized carbons (Fsp3) is 0.464. The normalized spacial score (nSPS) is 17.4. The monoisotopic (exact) mass is 1800 g/mol. The first-order valence-electron chi connectivity index (χ1n) is 43.7. The first-order chi connectivity index (χ1) is 63.3. The van der Waals surface area contributed by atoms with Gasteiger partial charge in [-0.15, -0.1) is 20.4 Å². The number of halogens is 4. The predicted molar refractivity (Wildman–Crippen MR) is 479 cm³/mol. The van der Waals surface area contributed by atoms with Crippen LogP contribution in [0.15, 0.2) is 99.1 Å². The van der Waals surface area contributed by atoms with E-state index in [-0.39, 0.29) is 85.5 Å². The Balaban J connectivity index is 0.000000129. The van der Waals surface area contributed by atoms with E-state index in [2.05, 4.69) is 169 Å². The lowest BCUT2D eigenvalue weighted by atomic mass is 9.94. The molecule has 12 aromatic heterocycles. The number of nitrogens with one attached hydrogen (secondary N) is 4. The van der Waals surface area contributed by atoms with Gasteiger partial charge in [0.25, 0.3) is 23.6 Å². The Morgan fingerprint density at radius 1 is 0.374 bits per heavy atom. The van der Waals surface area contributed by atoms with Crippen molar-refractivity contribution in [1.82, 2.24) is 124 Å². The summed E-state index contributed by atoms with van der Waals surface area (Å²) in [6.07, 6.45) is 30.2. The molecule has 43 nitrogen and oxygen atoms in total. The minimum Gasteiger partial charge on any atom is -0.381 e. The van der Waals surface area contributed by atoms with Crippen LogP contribution in [-0.4, -0.2) is 310 Å². The summed E-state index contributed by atoms with van der Waals surface area (Å²) in [6.45, 7) is 26.9. The lowest BCUT2D eigenvalue weighted by molar-refractivity contribution is -0.138. The predicted octanol–water partition coefficient (Wildman–Crippen LogP) is 5.13. The van der Waals surface area contributed by atoms with Gasteiger partial charge in [0.2, 0.25) is 5.91 Å². The van der Waals surface area contributed by atoms with Crippen LogP contribution >= 0.6 is 0 Å². The number of nitrogens with zero attached hydrogens (tertiary/aromatic N) is 29.